The molecule has 0 N–H and O–H groups in total. The molecule has 0 spiro atoms. The van der Waals surface area contributed by atoms with Crippen molar-refractivity contribution in [2.24, 2.45) is 0 Å². The Morgan fingerprint density at radius 2 is 1.77 bits per heavy atom. The van der Waals surface area contributed by atoms with Crippen LogP contribution >= 0.6 is 31.9 Å². The van der Waals surface area contributed by atoms with E-state index in [9.17, 15) is 0 Å². The minimum atomic E-state index is 0.801. The van der Waals surface area contributed by atoms with Crippen LogP contribution in [0.1, 0.15) is 5.56 Å². The monoisotopic (exact) mass is 300 g/mol. The van der Waals surface area contributed by atoms with Crippen molar-refractivity contribution in [3.05, 3.63) is 34.6 Å². The Bertz CT molecular complexity index is 443. The van der Waals surface area contributed by atoms with Gasteiger partial charge in [0.15, 0.2) is 0 Å². The standard InChI is InChI=1S/C9H6Br2N2/c10-5-6-1-2-7(11)9-8(6)12-3-4-13-9/h1-4H,5H2. The van der Waals surface area contributed by atoms with E-state index in [-0.39, 0.29) is 0 Å². The smallest absolute Gasteiger partial charge is 0.103 e. The van der Waals surface area contributed by atoms with E-state index in [1.807, 2.05) is 12.1 Å². The second-order valence-electron chi connectivity index (χ2n) is 2.59. The normalized spacial score (nSPS) is 10.6. The number of fused-ring (bicyclic) bond motifs is 1. The molecule has 0 aliphatic carbocycles. The molecule has 0 bridgehead atoms. The van der Waals surface area contributed by atoms with Crippen molar-refractivity contribution in [2.45, 2.75) is 5.33 Å². The Morgan fingerprint density at radius 1 is 1.08 bits per heavy atom. The van der Waals surface area contributed by atoms with Gasteiger partial charge in [0, 0.05) is 22.2 Å². The molecule has 1 aromatic carbocycles. The predicted molar refractivity (Wildman–Crippen MR) is 59.9 cm³/mol. The molecule has 0 saturated heterocycles. The predicted octanol–water partition coefficient (Wildman–Crippen LogP) is 3.29. The fraction of sp³-hybridized carbons (Fsp3) is 0.111. The molecule has 2 nitrogen and oxygen atoms in total. The fourth-order valence-corrected chi connectivity index (χ4v) is 2.06. The first kappa shape index (κ1) is 9.09. The Labute approximate surface area is 92.7 Å². The molecule has 0 atom stereocenters. The first-order chi connectivity index (χ1) is 6.33. The lowest BCUT2D eigenvalue weighted by molar-refractivity contribution is 1.26. The minimum absolute atomic E-state index is 0.801. The number of rotatable bonds is 1. The summed E-state index contributed by atoms with van der Waals surface area (Å²) in [6.07, 6.45) is 3.41. The summed E-state index contributed by atoms with van der Waals surface area (Å²) in [5.41, 5.74) is 3.03. The summed E-state index contributed by atoms with van der Waals surface area (Å²) in [5, 5.41) is 0.801. The molecule has 2 aromatic rings. The number of hydrogen-bond acceptors (Lipinski definition) is 2. The largest absolute Gasteiger partial charge is 0.253 e. The van der Waals surface area contributed by atoms with Gasteiger partial charge in [0.25, 0.3) is 0 Å². The topological polar surface area (TPSA) is 25.8 Å². The molecule has 0 amide bonds. The van der Waals surface area contributed by atoms with Crippen LogP contribution in [0.15, 0.2) is 29.0 Å². The molecule has 0 fully saturated rings. The quantitative estimate of drug-likeness (QED) is 0.755. The summed E-state index contributed by atoms with van der Waals surface area (Å²) in [6.45, 7) is 0. The lowest BCUT2D eigenvalue weighted by atomic mass is 10.2. The summed E-state index contributed by atoms with van der Waals surface area (Å²) in [4.78, 5) is 8.55. The molecule has 0 saturated carbocycles. The zero-order chi connectivity index (χ0) is 9.26. The van der Waals surface area contributed by atoms with Crippen molar-refractivity contribution < 1.29 is 0 Å². The molecular formula is C9H6Br2N2. The third kappa shape index (κ3) is 1.60. The highest BCUT2D eigenvalue weighted by Crippen LogP contribution is 2.24. The highest BCUT2D eigenvalue weighted by Gasteiger charge is 2.04. The SMILES string of the molecule is BrCc1ccc(Br)c2nccnc12. The fourth-order valence-electron chi connectivity index (χ4n) is 1.19. The van der Waals surface area contributed by atoms with Crippen molar-refractivity contribution in [3.63, 3.8) is 0 Å². The number of aromatic nitrogens is 2. The van der Waals surface area contributed by atoms with Crippen molar-refractivity contribution in [1.29, 1.82) is 0 Å². The summed E-state index contributed by atoms with van der Waals surface area (Å²) in [7, 11) is 0. The van der Waals surface area contributed by atoms with E-state index in [4.69, 9.17) is 0 Å². The average Bonchev–Trinajstić information content (AvgIpc) is 2.19. The van der Waals surface area contributed by atoms with Crippen LogP contribution in [0.25, 0.3) is 11.0 Å². The number of alkyl halides is 1. The van der Waals surface area contributed by atoms with Crippen LogP contribution in [0.5, 0.6) is 0 Å². The molecule has 1 aromatic heterocycles. The molecule has 2 rings (SSSR count). The lowest BCUT2D eigenvalue weighted by Crippen LogP contribution is -1.88. The lowest BCUT2D eigenvalue weighted by Gasteiger charge is -2.02. The van der Waals surface area contributed by atoms with Crippen LogP contribution < -0.4 is 0 Å². The molecular weight excluding hydrogens is 296 g/mol. The summed E-state index contributed by atoms with van der Waals surface area (Å²) >= 11 is 6.86. The summed E-state index contributed by atoms with van der Waals surface area (Å²) in [5.74, 6) is 0. The zero-order valence-corrected chi connectivity index (χ0v) is 9.84. The van der Waals surface area contributed by atoms with Gasteiger partial charge in [0.2, 0.25) is 0 Å². The maximum absolute atomic E-state index is 4.29. The number of hydrogen-bond donors (Lipinski definition) is 0. The van der Waals surface area contributed by atoms with Gasteiger partial charge in [-0.2, -0.15) is 0 Å². The highest BCUT2D eigenvalue weighted by molar-refractivity contribution is 9.10. The first-order valence-corrected chi connectivity index (χ1v) is 5.68. The minimum Gasteiger partial charge on any atom is -0.253 e. The van der Waals surface area contributed by atoms with Crippen molar-refractivity contribution >= 4 is 42.9 Å². The average molecular weight is 302 g/mol. The number of benzene rings is 1. The summed E-state index contributed by atoms with van der Waals surface area (Å²) in [6, 6.07) is 4.03. The van der Waals surface area contributed by atoms with Crippen LogP contribution in [-0.4, -0.2) is 9.97 Å². The van der Waals surface area contributed by atoms with Crippen LogP contribution in [0.3, 0.4) is 0 Å². The molecule has 0 radical (unpaired) electrons. The molecule has 13 heavy (non-hydrogen) atoms. The van der Waals surface area contributed by atoms with Gasteiger partial charge in [-0.3, -0.25) is 9.97 Å². The first-order valence-electron chi connectivity index (χ1n) is 3.77. The van der Waals surface area contributed by atoms with Gasteiger partial charge in [-0.25, -0.2) is 0 Å². The third-order valence-corrected chi connectivity index (χ3v) is 3.05. The molecule has 66 valence electrons. The highest BCUT2D eigenvalue weighted by atomic mass is 79.9. The van der Waals surface area contributed by atoms with Gasteiger partial charge in [0.05, 0.1) is 5.52 Å². The zero-order valence-electron chi connectivity index (χ0n) is 6.67. The van der Waals surface area contributed by atoms with Gasteiger partial charge < -0.3 is 0 Å². The van der Waals surface area contributed by atoms with Gasteiger partial charge >= 0.3 is 0 Å². The van der Waals surface area contributed by atoms with Crippen LogP contribution in [-0.2, 0) is 5.33 Å². The van der Waals surface area contributed by atoms with E-state index in [1.165, 1.54) is 0 Å². The van der Waals surface area contributed by atoms with Crippen molar-refractivity contribution in [1.82, 2.24) is 9.97 Å². The van der Waals surface area contributed by atoms with E-state index >= 15 is 0 Å². The number of nitrogens with zero attached hydrogens (tertiary/aromatic N) is 2. The van der Waals surface area contributed by atoms with Gasteiger partial charge in [-0.15, -0.1) is 0 Å². The second kappa shape index (κ2) is 3.72. The third-order valence-electron chi connectivity index (χ3n) is 1.80. The van der Waals surface area contributed by atoms with E-state index in [0.29, 0.717) is 0 Å². The van der Waals surface area contributed by atoms with E-state index in [2.05, 4.69) is 41.8 Å². The number of halogens is 2. The maximum atomic E-state index is 4.29. The van der Waals surface area contributed by atoms with Crippen LogP contribution in [0.2, 0.25) is 0 Å². The Morgan fingerprint density at radius 3 is 2.46 bits per heavy atom. The molecule has 0 unspecified atom stereocenters. The van der Waals surface area contributed by atoms with Crippen molar-refractivity contribution in [3.8, 4) is 0 Å². The molecule has 0 aliphatic heterocycles. The van der Waals surface area contributed by atoms with Gasteiger partial charge in [-0.1, -0.05) is 22.0 Å². The Balaban J connectivity index is 2.84. The van der Waals surface area contributed by atoms with E-state index in [1.54, 1.807) is 12.4 Å². The maximum Gasteiger partial charge on any atom is 0.103 e. The Hall–Kier alpha value is -0.480. The van der Waals surface area contributed by atoms with Gasteiger partial charge in [-0.05, 0) is 27.6 Å². The van der Waals surface area contributed by atoms with Crippen molar-refractivity contribution in [2.75, 3.05) is 0 Å². The van der Waals surface area contributed by atoms with Crippen LogP contribution in [0, 0.1) is 0 Å². The molecule has 1 heterocycles. The van der Waals surface area contributed by atoms with E-state index < -0.39 is 0 Å². The molecule has 0 aliphatic rings. The second-order valence-corrected chi connectivity index (χ2v) is 4.01. The Kier molecular flexibility index (Phi) is 2.60. The van der Waals surface area contributed by atoms with Crippen LogP contribution in [0.4, 0.5) is 0 Å². The molecule has 4 heteroatoms. The summed E-state index contributed by atoms with van der Waals surface area (Å²) < 4.78 is 0.986. The van der Waals surface area contributed by atoms with E-state index in [0.717, 1.165) is 26.4 Å². The van der Waals surface area contributed by atoms with Gasteiger partial charge in [0.1, 0.15) is 5.52 Å².